The molecular weight excluding hydrogens is 510 g/mol. The zero-order valence-corrected chi connectivity index (χ0v) is 22.2. The number of rotatable bonds is 9. The van der Waals surface area contributed by atoms with Crippen molar-refractivity contribution in [3.05, 3.63) is 82.4 Å². The molecule has 1 amide bonds. The number of carbonyl (C=O) groups excluding carboxylic acids is 2. The summed E-state index contributed by atoms with van der Waals surface area (Å²) in [5.74, 6) is -0.443. The number of methoxy groups -OCH3 is 2. The molecule has 0 aromatic heterocycles. The third-order valence-electron chi connectivity index (χ3n) is 6.07. The molecule has 0 bridgehead atoms. The molecule has 1 saturated heterocycles. The zero-order valence-electron chi connectivity index (χ0n) is 21.5. The highest BCUT2D eigenvalue weighted by atomic mass is 35.5. The van der Waals surface area contributed by atoms with Crippen LogP contribution in [-0.4, -0.2) is 44.2 Å². The molecule has 1 unspecified atom stereocenters. The van der Waals surface area contributed by atoms with Crippen LogP contribution in [0, 0.1) is 0 Å². The van der Waals surface area contributed by atoms with Crippen molar-refractivity contribution in [2.24, 2.45) is 0 Å². The highest BCUT2D eigenvalue weighted by Gasteiger charge is 2.47. The van der Waals surface area contributed by atoms with Gasteiger partial charge in [-0.2, -0.15) is 0 Å². The van der Waals surface area contributed by atoms with Crippen molar-refractivity contribution in [1.82, 2.24) is 0 Å². The van der Waals surface area contributed by atoms with E-state index in [1.807, 2.05) is 13.8 Å². The van der Waals surface area contributed by atoms with Gasteiger partial charge in [0.25, 0.3) is 11.7 Å². The molecule has 3 aromatic rings. The first-order valence-electron chi connectivity index (χ1n) is 12.0. The van der Waals surface area contributed by atoms with E-state index in [9.17, 15) is 14.7 Å². The molecule has 38 heavy (non-hydrogen) atoms. The van der Waals surface area contributed by atoms with Crippen molar-refractivity contribution in [2.45, 2.75) is 19.9 Å². The molecule has 0 saturated carbocycles. The Morgan fingerprint density at radius 1 is 0.895 bits per heavy atom. The lowest BCUT2D eigenvalue weighted by atomic mass is 9.94. The van der Waals surface area contributed by atoms with E-state index in [-0.39, 0.29) is 21.9 Å². The molecule has 1 fully saturated rings. The quantitative estimate of drug-likeness (QED) is 0.210. The van der Waals surface area contributed by atoms with Gasteiger partial charge in [0.15, 0.2) is 0 Å². The number of amides is 1. The molecule has 0 spiro atoms. The first kappa shape index (κ1) is 26.9. The first-order chi connectivity index (χ1) is 18.3. The summed E-state index contributed by atoms with van der Waals surface area (Å²) < 4.78 is 22.0. The van der Waals surface area contributed by atoms with Crippen LogP contribution >= 0.6 is 11.6 Å². The Hall–Kier alpha value is -4.17. The van der Waals surface area contributed by atoms with E-state index in [1.165, 1.54) is 31.3 Å². The summed E-state index contributed by atoms with van der Waals surface area (Å²) in [5.41, 5.74) is 1.02. The number of nitrogens with zero attached hydrogens (tertiary/aromatic N) is 1. The van der Waals surface area contributed by atoms with Crippen LogP contribution in [0.25, 0.3) is 5.76 Å². The monoisotopic (exact) mass is 537 g/mol. The standard InChI is InChI=1S/C29H28ClNO7/c1-5-37-19-11-7-9-17(13-19)26-25(27(32)21-15-22(30)24(36-4)16-23(21)35-3)28(33)29(34)31(26)18-10-8-12-20(14-18)38-6-2/h7-16,26,32H,5-6H2,1-4H3/b27-25+. The van der Waals surface area contributed by atoms with E-state index >= 15 is 0 Å². The highest BCUT2D eigenvalue weighted by molar-refractivity contribution is 6.51. The maximum absolute atomic E-state index is 13.5. The molecule has 0 radical (unpaired) electrons. The number of benzene rings is 3. The number of Topliss-reactive ketones (excluding diaryl/α,β-unsaturated/α-hetero) is 1. The van der Waals surface area contributed by atoms with Crippen LogP contribution < -0.4 is 23.8 Å². The molecule has 1 aliphatic heterocycles. The maximum Gasteiger partial charge on any atom is 0.300 e. The SMILES string of the molecule is CCOc1cccc(C2/C(=C(\O)c3cc(Cl)c(OC)cc3OC)C(=O)C(=O)N2c2cccc(OCC)c2)c1. The van der Waals surface area contributed by atoms with Crippen molar-refractivity contribution < 1.29 is 33.6 Å². The minimum absolute atomic E-state index is 0.120. The Labute approximate surface area is 225 Å². The average Bonchev–Trinajstić information content (AvgIpc) is 3.19. The lowest BCUT2D eigenvalue weighted by Crippen LogP contribution is -2.29. The maximum atomic E-state index is 13.5. The fourth-order valence-corrected chi connectivity index (χ4v) is 4.68. The number of halogens is 1. The molecule has 1 atom stereocenters. The Bertz CT molecular complexity index is 1400. The van der Waals surface area contributed by atoms with Gasteiger partial charge in [-0.15, -0.1) is 0 Å². The van der Waals surface area contributed by atoms with Crippen molar-refractivity contribution in [3.63, 3.8) is 0 Å². The number of aliphatic hydroxyl groups excluding tert-OH is 1. The van der Waals surface area contributed by atoms with Crippen molar-refractivity contribution in [2.75, 3.05) is 32.3 Å². The van der Waals surface area contributed by atoms with Crippen LogP contribution in [0.2, 0.25) is 5.02 Å². The Morgan fingerprint density at radius 3 is 2.16 bits per heavy atom. The van der Waals surface area contributed by atoms with Gasteiger partial charge < -0.3 is 24.1 Å². The van der Waals surface area contributed by atoms with E-state index in [0.717, 1.165) is 0 Å². The van der Waals surface area contributed by atoms with Crippen LogP contribution in [0.4, 0.5) is 5.69 Å². The number of carbonyl (C=O) groups is 2. The van der Waals surface area contributed by atoms with Gasteiger partial charge in [0.2, 0.25) is 0 Å². The van der Waals surface area contributed by atoms with Gasteiger partial charge in [-0.05, 0) is 49.7 Å². The second kappa shape index (κ2) is 11.5. The Kier molecular flexibility index (Phi) is 8.12. The Morgan fingerprint density at radius 2 is 1.53 bits per heavy atom. The van der Waals surface area contributed by atoms with Crippen molar-refractivity contribution in [3.8, 4) is 23.0 Å². The van der Waals surface area contributed by atoms with Gasteiger partial charge in [-0.1, -0.05) is 29.8 Å². The molecule has 3 aromatic carbocycles. The predicted molar refractivity (Wildman–Crippen MR) is 145 cm³/mol. The molecule has 1 N–H and O–H groups in total. The molecule has 4 rings (SSSR count). The lowest BCUT2D eigenvalue weighted by Gasteiger charge is -2.26. The molecular formula is C29H28ClNO7. The number of ether oxygens (including phenoxy) is 4. The summed E-state index contributed by atoms with van der Waals surface area (Å²) in [5, 5.41) is 11.8. The number of ketones is 1. The molecule has 8 nitrogen and oxygen atoms in total. The van der Waals surface area contributed by atoms with Crippen LogP contribution in [0.5, 0.6) is 23.0 Å². The summed E-state index contributed by atoms with van der Waals surface area (Å²) in [6.07, 6.45) is 0. The zero-order chi connectivity index (χ0) is 27.4. The molecule has 1 aliphatic rings. The lowest BCUT2D eigenvalue weighted by molar-refractivity contribution is -0.132. The number of hydrogen-bond donors (Lipinski definition) is 1. The van der Waals surface area contributed by atoms with E-state index in [1.54, 1.807) is 48.5 Å². The van der Waals surface area contributed by atoms with Gasteiger partial charge in [-0.3, -0.25) is 14.5 Å². The number of hydrogen-bond acceptors (Lipinski definition) is 7. The van der Waals surface area contributed by atoms with Gasteiger partial charge in [0.05, 0.1) is 49.6 Å². The molecule has 1 heterocycles. The molecule has 0 aliphatic carbocycles. The van der Waals surface area contributed by atoms with Crippen molar-refractivity contribution >= 4 is 34.7 Å². The highest BCUT2D eigenvalue weighted by Crippen LogP contribution is 2.45. The summed E-state index contributed by atoms with van der Waals surface area (Å²) in [7, 11) is 2.87. The Balaban J connectivity index is 1.98. The largest absolute Gasteiger partial charge is 0.507 e. The number of aliphatic hydroxyl groups is 1. The average molecular weight is 538 g/mol. The van der Waals surface area contributed by atoms with Crippen molar-refractivity contribution in [1.29, 1.82) is 0 Å². The van der Waals surface area contributed by atoms with Gasteiger partial charge >= 0.3 is 0 Å². The third kappa shape index (κ3) is 4.99. The minimum Gasteiger partial charge on any atom is -0.507 e. The second-order valence-corrected chi connectivity index (χ2v) is 8.70. The van der Waals surface area contributed by atoms with Crippen LogP contribution in [-0.2, 0) is 9.59 Å². The van der Waals surface area contributed by atoms with Gasteiger partial charge in [-0.25, -0.2) is 0 Å². The molecule has 198 valence electrons. The second-order valence-electron chi connectivity index (χ2n) is 8.29. The topological polar surface area (TPSA) is 94.5 Å². The summed E-state index contributed by atoms with van der Waals surface area (Å²) >= 11 is 6.35. The van der Waals surface area contributed by atoms with Crippen LogP contribution in [0.1, 0.15) is 31.0 Å². The molecule has 9 heteroatoms. The van der Waals surface area contributed by atoms with E-state index in [0.29, 0.717) is 41.7 Å². The summed E-state index contributed by atoms with van der Waals surface area (Å²) in [4.78, 5) is 28.4. The first-order valence-corrected chi connectivity index (χ1v) is 12.4. The third-order valence-corrected chi connectivity index (χ3v) is 6.36. The van der Waals surface area contributed by atoms with E-state index in [2.05, 4.69) is 0 Å². The van der Waals surface area contributed by atoms with E-state index in [4.69, 9.17) is 30.5 Å². The predicted octanol–water partition coefficient (Wildman–Crippen LogP) is 5.78. The summed E-state index contributed by atoms with van der Waals surface area (Å²) in [6.45, 7) is 4.57. The fourth-order valence-electron chi connectivity index (χ4n) is 4.44. The minimum atomic E-state index is -0.974. The van der Waals surface area contributed by atoms with Gasteiger partial charge in [0.1, 0.15) is 28.8 Å². The fraction of sp³-hybridized carbons (Fsp3) is 0.241. The van der Waals surface area contributed by atoms with Crippen LogP contribution in [0.3, 0.4) is 0 Å². The summed E-state index contributed by atoms with van der Waals surface area (Å²) in [6, 6.07) is 15.9. The normalized spacial score (nSPS) is 16.4. The van der Waals surface area contributed by atoms with E-state index < -0.39 is 23.5 Å². The van der Waals surface area contributed by atoms with Gasteiger partial charge in [0, 0.05) is 17.8 Å². The van der Waals surface area contributed by atoms with Crippen LogP contribution in [0.15, 0.2) is 66.2 Å². The smallest absolute Gasteiger partial charge is 0.300 e. The number of anilines is 1.